The number of nitrogens with one attached hydrogen (secondary N) is 1. The molecule has 112 valence electrons. The fourth-order valence-electron chi connectivity index (χ4n) is 2.83. The lowest BCUT2D eigenvalue weighted by molar-refractivity contribution is 0.340. The summed E-state index contributed by atoms with van der Waals surface area (Å²) >= 11 is 12.3. The van der Waals surface area contributed by atoms with Crippen LogP contribution in [-0.4, -0.2) is 16.3 Å². The Bertz CT molecular complexity index is 663. The Morgan fingerprint density at radius 3 is 2.43 bits per heavy atom. The molecule has 0 spiro atoms. The zero-order chi connectivity index (χ0) is 15.2. The van der Waals surface area contributed by atoms with Crippen molar-refractivity contribution in [2.45, 2.75) is 39.3 Å². The molecule has 0 saturated heterocycles. The number of nitrogens with zero attached hydrogens (tertiary/aromatic N) is 2. The van der Waals surface area contributed by atoms with E-state index in [1.807, 2.05) is 12.1 Å². The van der Waals surface area contributed by atoms with Gasteiger partial charge in [-0.2, -0.15) is 5.10 Å². The quantitative estimate of drug-likeness (QED) is 0.849. The van der Waals surface area contributed by atoms with Gasteiger partial charge in [0.05, 0.1) is 11.2 Å². The lowest BCUT2D eigenvalue weighted by Gasteiger charge is -2.24. The van der Waals surface area contributed by atoms with Crippen molar-refractivity contribution in [3.05, 3.63) is 39.5 Å². The second-order valence-electron chi connectivity index (χ2n) is 6.44. The molecule has 2 aromatic rings. The molecule has 1 aromatic carbocycles. The van der Waals surface area contributed by atoms with E-state index in [1.54, 1.807) is 6.07 Å². The Morgan fingerprint density at radius 1 is 1.14 bits per heavy atom. The molecule has 0 unspecified atom stereocenters. The van der Waals surface area contributed by atoms with E-state index in [0.717, 1.165) is 30.8 Å². The van der Waals surface area contributed by atoms with E-state index in [2.05, 4.69) is 30.8 Å². The first kappa shape index (κ1) is 14.9. The maximum atomic E-state index is 6.15. The first-order valence-corrected chi connectivity index (χ1v) is 7.90. The van der Waals surface area contributed by atoms with Crippen LogP contribution >= 0.6 is 23.2 Å². The maximum absolute atomic E-state index is 6.15. The van der Waals surface area contributed by atoms with E-state index in [1.165, 1.54) is 11.3 Å². The van der Waals surface area contributed by atoms with Crippen LogP contribution < -0.4 is 5.32 Å². The van der Waals surface area contributed by atoms with Gasteiger partial charge in [0, 0.05) is 46.4 Å². The molecule has 0 atom stereocenters. The Balaban J connectivity index is 2.21. The van der Waals surface area contributed by atoms with Crippen molar-refractivity contribution in [1.29, 1.82) is 0 Å². The Hall–Kier alpha value is -1.03. The Labute approximate surface area is 135 Å². The smallest absolute Gasteiger partial charge is 0.0972 e. The molecule has 1 aromatic heterocycles. The summed E-state index contributed by atoms with van der Waals surface area (Å²) in [6.45, 7) is 8.36. The average Bonchev–Trinajstić information content (AvgIpc) is 2.76. The highest BCUT2D eigenvalue weighted by molar-refractivity contribution is 6.35. The normalized spacial score (nSPS) is 15.1. The van der Waals surface area contributed by atoms with Gasteiger partial charge in [0.25, 0.3) is 0 Å². The molecule has 2 heterocycles. The van der Waals surface area contributed by atoms with Gasteiger partial charge in [-0.15, -0.1) is 0 Å². The zero-order valence-electron chi connectivity index (χ0n) is 12.5. The van der Waals surface area contributed by atoms with Gasteiger partial charge in [0.2, 0.25) is 0 Å². The fourth-order valence-corrected chi connectivity index (χ4v) is 3.35. The molecule has 0 amide bonds. The molecule has 5 heteroatoms. The molecule has 1 N–H and O–H groups in total. The van der Waals surface area contributed by atoms with Crippen LogP contribution in [0.5, 0.6) is 0 Å². The molecule has 1 aliphatic rings. The molecule has 0 aliphatic carbocycles. The third-order valence-corrected chi connectivity index (χ3v) is 4.14. The number of aromatic nitrogens is 2. The van der Waals surface area contributed by atoms with Crippen LogP contribution in [0.25, 0.3) is 11.3 Å². The van der Waals surface area contributed by atoms with Gasteiger partial charge in [0.15, 0.2) is 0 Å². The predicted molar refractivity (Wildman–Crippen MR) is 88.1 cm³/mol. The lowest BCUT2D eigenvalue weighted by atomic mass is 10.0. The minimum Gasteiger partial charge on any atom is -0.312 e. The summed E-state index contributed by atoms with van der Waals surface area (Å²) in [4.78, 5) is 0. The van der Waals surface area contributed by atoms with Crippen LogP contribution in [0, 0.1) is 0 Å². The largest absolute Gasteiger partial charge is 0.312 e. The van der Waals surface area contributed by atoms with Gasteiger partial charge >= 0.3 is 0 Å². The second kappa shape index (κ2) is 5.31. The van der Waals surface area contributed by atoms with Crippen LogP contribution in [0.4, 0.5) is 0 Å². The summed E-state index contributed by atoms with van der Waals surface area (Å²) < 4.78 is 2.15. The minimum atomic E-state index is -0.0396. The van der Waals surface area contributed by atoms with E-state index in [-0.39, 0.29) is 5.54 Å². The van der Waals surface area contributed by atoms with Gasteiger partial charge in [0.1, 0.15) is 0 Å². The molecule has 0 fully saturated rings. The first-order chi connectivity index (χ1) is 9.86. The number of hydrogen-bond donors (Lipinski definition) is 1. The molecule has 1 aliphatic heterocycles. The van der Waals surface area contributed by atoms with E-state index in [4.69, 9.17) is 28.3 Å². The highest BCUT2D eigenvalue weighted by atomic mass is 35.5. The molecule has 0 bridgehead atoms. The fraction of sp³-hybridized carbons (Fsp3) is 0.438. The van der Waals surface area contributed by atoms with Crippen molar-refractivity contribution < 1.29 is 0 Å². The molecular weight excluding hydrogens is 305 g/mol. The molecule has 0 radical (unpaired) electrons. The summed E-state index contributed by atoms with van der Waals surface area (Å²) in [7, 11) is 0. The lowest BCUT2D eigenvalue weighted by Crippen LogP contribution is -2.30. The summed E-state index contributed by atoms with van der Waals surface area (Å²) in [6, 6.07) is 5.60. The van der Waals surface area contributed by atoms with Crippen LogP contribution in [0.15, 0.2) is 18.2 Å². The van der Waals surface area contributed by atoms with E-state index < -0.39 is 0 Å². The van der Waals surface area contributed by atoms with E-state index >= 15 is 0 Å². The molecule has 0 saturated carbocycles. The first-order valence-electron chi connectivity index (χ1n) is 7.15. The third kappa shape index (κ3) is 2.83. The van der Waals surface area contributed by atoms with Crippen molar-refractivity contribution in [3.8, 4) is 11.3 Å². The van der Waals surface area contributed by atoms with Crippen molar-refractivity contribution in [1.82, 2.24) is 15.1 Å². The van der Waals surface area contributed by atoms with E-state index in [9.17, 15) is 0 Å². The van der Waals surface area contributed by atoms with Crippen molar-refractivity contribution in [3.63, 3.8) is 0 Å². The monoisotopic (exact) mass is 323 g/mol. The highest BCUT2D eigenvalue weighted by Crippen LogP contribution is 2.33. The van der Waals surface area contributed by atoms with Gasteiger partial charge < -0.3 is 5.32 Å². The van der Waals surface area contributed by atoms with Crippen LogP contribution in [0.3, 0.4) is 0 Å². The van der Waals surface area contributed by atoms with Crippen LogP contribution in [0.1, 0.15) is 32.0 Å². The minimum absolute atomic E-state index is 0.0396. The molecule has 3 rings (SSSR count). The van der Waals surface area contributed by atoms with Gasteiger partial charge in [-0.3, -0.25) is 4.68 Å². The summed E-state index contributed by atoms with van der Waals surface area (Å²) in [5, 5.41) is 9.58. The predicted octanol–water partition coefficient (Wildman–Crippen LogP) is 4.26. The number of benzene rings is 1. The Kier molecular flexibility index (Phi) is 3.76. The van der Waals surface area contributed by atoms with Crippen molar-refractivity contribution in [2.75, 3.05) is 6.54 Å². The van der Waals surface area contributed by atoms with Gasteiger partial charge in [-0.25, -0.2) is 0 Å². The average molecular weight is 324 g/mol. The van der Waals surface area contributed by atoms with Gasteiger partial charge in [-0.1, -0.05) is 23.2 Å². The van der Waals surface area contributed by atoms with Gasteiger partial charge in [-0.05, 0) is 39.0 Å². The second-order valence-corrected chi connectivity index (χ2v) is 7.31. The summed E-state index contributed by atoms with van der Waals surface area (Å²) in [5.41, 5.74) is 4.50. The standard InChI is InChI=1S/C16H19Cl2N3/c1-16(2,3)21-14-4-5-19-9-13(14)15(20-21)10-6-11(17)8-12(18)7-10/h6-8,19H,4-5,9H2,1-3H3. The molecule has 3 nitrogen and oxygen atoms in total. The SMILES string of the molecule is CC(C)(C)n1nc(-c2cc(Cl)cc(Cl)c2)c2c1CCNC2. The number of halogens is 2. The summed E-state index contributed by atoms with van der Waals surface area (Å²) in [5.74, 6) is 0. The molecule has 21 heavy (non-hydrogen) atoms. The van der Waals surface area contributed by atoms with E-state index in [0.29, 0.717) is 10.0 Å². The maximum Gasteiger partial charge on any atom is 0.0972 e. The third-order valence-electron chi connectivity index (χ3n) is 3.70. The Morgan fingerprint density at radius 2 is 1.81 bits per heavy atom. The van der Waals surface area contributed by atoms with Crippen molar-refractivity contribution >= 4 is 23.2 Å². The number of rotatable bonds is 1. The highest BCUT2D eigenvalue weighted by Gasteiger charge is 2.27. The van der Waals surface area contributed by atoms with Crippen molar-refractivity contribution in [2.24, 2.45) is 0 Å². The molecular formula is C16H19Cl2N3. The van der Waals surface area contributed by atoms with Crippen LogP contribution in [0.2, 0.25) is 10.0 Å². The van der Waals surface area contributed by atoms with Crippen LogP contribution in [-0.2, 0) is 18.5 Å². The number of fused-ring (bicyclic) bond motifs is 1. The zero-order valence-corrected chi connectivity index (χ0v) is 14.0. The number of hydrogen-bond acceptors (Lipinski definition) is 2. The summed E-state index contributed by atoms with van der Waals surface area (Å²) in [6.07, 6.45) is 0.994. The topological polar surface area (TPSA) is 29.9 Å².